The Balaban J connectivity index is 2.21. The molecule has 1 rings (SSSR count). The van der Waals surface area contributed by atoms with Crippen molar-refractivity contribution in [3.8, 4) is 0 Å². The van der Waals surface area contributed by atoms with Gasteiger partial charge in [-0.1, -0.05) is 0 Å². The first-order valence-corrected chi connectivity index (χ1v) is 7.64. The third kappa shape index (κ3) is 7.19. The average molecular weight is 325 g/mol. The van der Waals surface area contributed by atoms with E-state index in [1.807, 2.05) is 26.8 Å². The summed E-state index contributed by atoms with van der Waals surface area (Å²) in [6.07, 6.45) is 0.491. The first-order chi connectivity index (χ1) is 10.7. The zero-order valence-corrected chi connectivity index (χ0v) is 14.6. The number of ether oxygens (including phenoxy) is 2. The lowest BCUT2D eigenvalue weighted by molar-refractivity contribution is 0.0297. The third-order valence-corrected chi connectivity index (χ3v) is 3.02. The Morgan fingerprint density at radius 3 is 2.61 bits per heavy atom. The molecule has 1 aromatic rings. The number of H-pyrrole nitrogens is 1. The molecule has 0 aromatic carbocycles. The summed E-state index contributed by atoms with van der Waals surface area (Å²) >= 11 is 0. The highest BCUT2D eigenvalue weighted by Gasteiger charge is 2.19. The number of amides is 1. The number of esters is 1. The highest BCUT2D eigenvalue weighted by atomic mass is 16.6. The topological polar surface area (TPSA) is 83.7 Å². The normalized spacial score (nSPS) is 11.2. The van der Waals surface area contributed by atoms with Gasteiger partial charge in [0.25, 0.3) is 0 Å². The molecule has 1 aromatic heterocycles. The first-order valence-electron chi connectivity index (χ1n) is 7.64. The van der Waals surface area contributed by atoms with Gasteiger partial charge < -0.3 is 24.7 Å². The highest BCUT2D eigenvalue weighted by Crippen LogP contribution is 2.09. The zero-order valence-electron chi connectivity index (χ0n) is 14.6. The zero-order chi connectivity index (χ0) is 17.5. The SMILES string of the molecule is COC(=O)c1ccc(CNCCCN(C)C(=O)OC(C)(C)C)[nH]1. The van der Waals surface area contributed by atoms with Crippen molar-refractivity contribution < 1.29 is 19.1 Å². The largest absolute Gasteiger partial charge is 0.464 e. The van der Waals surface area contributed by atoms with Crippen LogP contribution in [0.25, 0.3) is 0 Å². The van der Waals surface area contributed by atoms with Crippen LogP contribution >= 0.6 is 0 Å². The van der Waals surface area contributed by atoms with Gasteiger partial charge in [0, 0.05) is 25.8 Å². The van der Waals surface area contributed by atoms with Gasteiger partial charge in [-0.25, -0.2) is 9.59 Å². The minimum Gasteiger partial charge on any atom is -0.464 e. The molecular weight excluding hydrogens is 298 g/mol. The Labute approximate surface area is 137 Å². The second kappa shape index (κ2) is 8.57. The van der Waals surface area contributed by atoms with Crippen molar-refractivity contribution in [3.05, 3.63) is 23.5 Å². The average Bonchev–Trinajstić information content (AvgIpc) is 2.92. The van der Waals surface area contributed by atoms with Gasteiger partial charge in [0.05, 0.1) is 7.11 Å². The Kier molecular flexibility index (Phi) is 7.09. The van der Waals surface area contributed by atoms with E-state index in [1.54, 1.807) is 18.0 Å². The van der Waals surface area contributed by atoms with Gasteiger partial charge in [-0.05, 0) is 45.9 Å². The fourth-order valence-corrected chi connectivity index (χ4v) is 1.87. The van der Waals surface area contributed by atoms with Gasteiger partial charge in [-0.15, -0.1) is 0 Å². The van der Waals surface area contributed by atoms with E-state index in [0.29, 0.717) is 18.8 Å². The van der Waals surface area contributed by atoms with Crippen molar-refractivity contribution in [2.75, 3.05) is 27.2 Å². The number of aromatic nitrogens is 1. The lowest BCUT2D eigenvalue weighted by atomic mass is 10.2. The molecule has 1 heterocycles. The van der Waals surface area contributed by atoms with Crippen LogP contribution in [0.2, 0.25) is 0 Å². The number of nitrogens with zero attached hydrogens (tertiary/aromatic N) is 1. The van der Waals surface area contributed by atoms with Crippen molar-refractivity contribution in [2.45, 2.75) is 39.3 Å². The molecule has 7 nitrogen and oxygen atoms in total. The molecule has 7 heteroatoms. The van der Waals surface area contributed by atoms with E-state index >= 15 is 0 Å². The van der Waals surface area contributed by atoms with Crippen LogP contribution in [0.4, 0.5) is 4.79 Å². The van der Waals surface area contributed by atoms with E-state index in [4.69, 9.17) is 4.74 Å². The van der Waals surface area contributed by atoms with Gasteiger partial charge in [0.1, 0.15) is 11.3 Å². The van der Waals surface area contributed by atoms with Gasteiger partial charge in [-0.3, -0.25) is 0 Å². The van der Waals surface area contributed by atoms with Crippen LogP contribution in [0.15, 0.2) is 12.1 Å². The molecule has 0 bridgehead atoms. The second-order valence-electron chi connectivity index (χ2n) is 6.32. The molecule has 0 saturated carbocycles. The number of carbonyl (C=O) groups is 2. The summed E-state index contributed by atoms with van der Waals surface area (Å²) in [5.74, 6) is -0.379. The summed E-state index contributed by atoms with van der Waals surface area (Å²) in [5, 5.41) is 3.25. The lowest BCUT2D eigenvalue weighted by Crippen LogP contribution is -2.35. The van der Waals surface area contributed by atoms with Gasteiger partial charge in [0.15, 0.2) is 0 Å². The summed E-state index contributed by atoms with van der Waals surface area (Å²) in [5.41, 5.74) is 0.869. The van der Waals surface area contributed by atoms with Crippen molar-refractivity contribution in [1.29, 1.82) is 0 Å². The van der Waals surface area contributed by atoms with Crippen LogP contribution in [0.3, 0.4) is 0 Å². The van der Waals surface area contributed by atoms with Gasteiger partial charge in [-0.2, -0.15) is 0 Å². The number of nitrogens with one attached hydrogen (secondary N) is 2. The van der Waals surface area contributed by atoms with Crippen molar-refractivity contribution in [3.63, 3.8) is 0 Å². The van der Waals surface area contributed by atoms with Crippen LogP contribution < -0.4 is 5.32 Å². The Morgan fingerprint density at radius 1 is 1.30 bits per heavy atom. The maximum absolute atomic E-state index is 11.8. The molecule has 0 aliphatic carbocycles. The fraction of sp³-hybridized carbons (Fsp3) is 0.625. The molecule has 0 unspecified atom stereocenters. The van der Waals surface area contributed by atoms with Gasteiger partial charge in [0.2, 0.25) is 0 Å². The number of carbonyl (C=O) groups excluding carboxylic acids is 2. The Hall–Kier alpha value is -2.02. The van der Waals surface area contributed by atoms with Crippen molar-refractivity contribution in [2.24, 2.45) is 0 Å². The first kappa shape index (κ1) is 19.0. The molecule has 0 atom stereocenters. The number of hydrogen-bond acceptors (Lipinski definition) is 5. The van der Waals surface area contributed by atoms with Crippen LogP contribution in [0, 0.1) is 0 Å². The van der Waals surface area contributed by atoms with Crippen LogP contribution in [0.1, 0.15) is 43.4 Å². The molecular formula is C16H27N3O4. The minimum absolute atomic E-state index is 0.315. The molecule has 0 radical (unpaired) electrons. The Bertz CT molecular complexity index is 520. The smallest absolute Gasteiger partial charge is 0.410 e. The predicted molar refractivity (Wildman–Crippen MR) is 87.3 cm³/mol. The maximum Gasteiger partial charge on any atom is 0.410 e. The van der Waals surface area contributed by atoms with E-state index < -0.39 is 5.60 Å². The molecule has 0 spiro atoms. The molecule has 2 N–H and O–H groups in total. The number of methoxy groups -OCH3 is 1. The quantitative estimate of drug-likeness (QED) is 0.593. The second-order valence-corrected chi connectivity index (χ2v) is 6.32. The summed E-state index contributed by atoms with van der Waals surface area (Å²) in [7, 11) is 3.07. The molecule has 0 aliphatic heterocycles. The van der Waals surface area contributed by atoms with E-state index in [0.717, 1.165) is 18.7 Å². The fourth-order valence-electron chi connectivity index (χ4n) is 1.87. The lowest BCUT2D eigenvalue weighted by Gasteiger charge is -2.24. The monoisotopic (exact) mass is 325 g/mol. The highest BCUT2D eigenvalue weighted by molar-refractivity contribution is 5.87. The van der Waals surface area contributed by atoms with Crippen LogP contribution in [-0.2, 0) is 16.0 Å². The summed E-state index contributed by atoms with van der Waals surface area (Å²) < 4.78 is 9.92. The summed E-state index contributed by atoms with van der Waals surface area (Å²) in [4.78, 5) is 27.6. The summed E-state index contributed by atoms with van der Waals surface area (Å²) in [6.45, 7) is 7.52. The Morgan fingerprint density at radius 2 is 2.00 bits per heavy atom. The van der Waals surface area contributed by atoms with Crippen LogP contribution in [-0.4, -0.2) is 54.8 Å². The van der Waals surface area contributed by atoms with Gasteiger partial charge >= 0.3 is 12.1 Å². The number of rotatable bonds is 7. The third-order valence-electron chi connectivity index (χ3n) is 3.02. The maximum atomic E-state index is 11.8. The van der Waals surface area contributed by atoms with E-state index in [-0.39, 0.29) is 12.1 Å². The molecule has 0 saturated heterocycles. The predicted octanol–water partition coefficient (Wildman–Crippen LogP) is 2.15. The van der Waals surface area contributed by atoms with E-state index in [9.17, 15) is 9.59 Å². The number of aromatic amines is 1. The van der Waals surface area contributed by atoms with Crippen LogP contribution in [0.5, 0.6) is 0 Å². The minimum atomic E-state index is -0.478. The molecule has 1 amide bonds. The molecule has 130 valence electrons. The standard InChI is InChI=1S/C16H27N3O4/c1-16(2,3)23-15(21)19(4)10-6-9-17-11-12-7-8-13(18-12)14(20)22-5/h7-8,17-18H,6,9-11H2,1-5H3. The molecule has 0 fully saturated rings. The van der Waals surface area contributed by atoms with Crippen molar-refractivity contribution >= 4 is 12.1 Å². The van der Waals surface area contributed by atoms with E-state index in [1.165, 1.54) is 7.11 Å². The van der Waals surface area contributed by atoms with Crippen molar-refractivity contribution in [1.82, 2.24) is 15.2 Å². The molecule has 0 aliphatic rings. The molecule has 23 heavy (non-hydrogen) atoms. The summed E-state index contributed by atoms with van der Waals surface area (Å²) in [6, 6.07) is 3.53. The number of hydrogen-bond donors (Lipinski definition) is 2. The van der Waals surface area contributed by atoms with E-state index in [2.05, 4.69) is 15.0 Å².